The number of hydrogen-bond acceptors (Lipinski definition) is 5. The second kappa shape index (κ2) is 8.79. The molecule has 132 valence electrons. The van der Waals surface area contributed by atoms with Crippen LogP contribution in [0, 0.1) is 10.1 Å². The Labute approximate surface area is 146 Å². The maximum absolute atomic E-state index is 12.2. The number of amides is 1. The van der Waals surface area contributed by atoms with Gasteiger partial charge in [-0.05, 0) is 51.3 Å². The zero-order valence-electron chi connectivity index (χ0n) is 14.4. The van der Waals surface area contributed by atoms with Crippen LogP contribution < -0.4 is 10.6 Å². The second-order valence-electron chi connectivity index (χ2n) is 5.89. The molecule has 0 bridgehead atoms. The van der Waals surface area contributed by atoms with Crippen LogP contribution >= 0.6 is 0 Å². The monoisotopic (exact) mass is 342 g/mol. The molecule has 25 heavy (non-hydrogen) atoms. The van der Waals surface area contributed by atoms with Crippen LogP contribution in [0.5, 0.6) is 0 Å². The first-order valence-electron chi connectivity index (χ1n) is 8.01. The molecular formula is C18H22N4O3. The highest BCUT2D eigenvalue weighted by atomic mass is 16.6. The summed E-state index contributed by atoms with van der Waals surface area (Å²) in [6, 6.07) is 13.6. The van der Waals surface area contributed by atoms with Gasteiger partial charge in [-0.1, -0.05) is 18.2 Å². The Kier molecular flexibility index (Phi) is 6.47. The first-order chi connectivity index (χ1) is 12.0. The summed E-state index contributed by atoms with van der Waals surface area (Å²) in [5, 5.41) is 17.1. The van der Waals surface area contributed by atoms with E-state index in [4.69, 9.17) is 0 Å². The van der Waals surface area contributed by atoms with Crippen LogP contribution in [0.15, 0.2) is 48.5 Å². The number of rotatable bonds is 8. The van der Waals surface area contributed by atoms with Gasteiger partial charge in [0, 0.05) is 23.9 Å². The van der Waals surface area contributed by atoms with E-state index in [1.807, 2.05) is 49.3 Å². The third kappa shape index (κ3) is 5.58. The predicted octanol–water partition coefficient (Wildman–Crippen LogP) is 3.02. The van der Waals surface area contributed by atoms with E-state index in [2.05, 4.69) is 10.6 Å². The van der Waals surface area contributed by atoms with E-state index in [1.165, 1.54) is 6.07 Å². The van der Waals surface area contributed by atoms with Gasteiger partial charge >= 0.3 is 0 Å². The number of para-hydroxylation sites is 1. The van der Waals surface area contributed by atoms with Crippen molar-refractivity contribution in [3.8, 4) is 0 Å². The van der Waals surface area contributed by atoms with Crippen molar-refractivity contribution in [1.29, 1.82) is 0 Å². The molecule has 2 aromatic rings. The minimum atomic E-state index is -0.492. The number of nitrogens with one attached hydrogen (secondary N) is 2. The van der Waals surface area contributed by atoms with E-state index in [0.717, 1.165) is 18.7 Å². The first-order valence-corrected chi connectivity index (χ1v) is 8.01. The Morgan fingerprint density at radius 3 is 2.52 bits per heavy atom. The third-order valence-electron chi connectivity index (χ3n) is 3.58. The molecule has 2 N–H and O–H groups in total. The van der Waals surface area contributed by atoms with Crippen molar-refractivity contribution >= 4 is 23.0 Å². The van der Waals surface area contributed by atoms with Crippen LogP contribution in [0.2, 0.25) is 0 Å². The highest BCUT2D eigenvalue weighted by Gasteiger charge is 2.17. The van der Waals surface area contributed by atoms with Crippen LogP contribution in [0.25, 0.3) is 0 Å². The Morgan fingerprint density at radius 1 is 1.16 bits per heavy atom. The summed E-state index contributed by atoms with van der Waals surface area (Å²) in [6.07, 6.45) is 0.814. The van der Waals surface area contributed by atoms with Gasteiger partial charge in [0.2, 0.25) is 0 Å². The number of carbonyl (C=O) groups excluding carboxylic acids is 1. The molecule has 0 radical (unpaired) electrons. The van der Waals surface area contributed by atoms with Gasteiger partial charge in [-0.2, -0.15) is 0 Å². The van der Waals surface area contributed by atoms with Gasteiger partial charge in [-0.15, -0.1) is 0 Å². The normalized spacial score (nSPS) is 10.5. The van der Waals surface area contributed by atoms with Gasteiger partial charge in [0.25, 0.3) is 11.6 Å². The van der Waals surface area contributed by atoms with E-state index in [1.54, 1.807) is 12.1 Å². The van der Waals surface area contributed by atoms with Crippen molar-refractivity contribution in [1.82, 2.24) is 10.2 Å². The molecule has 0 aliphatic heterocycles. The number of anilines is 2. The molecule has 0 fully saturated rings. The van der Waals surface area contributed by atoms with Crippen molar-refractivity contribution in [2.24, 2.45) is 0 Å². The molecule has 1 amide bonds. The SMILES string of the molecule is CN(C)CCCNC(=O)c1ccc(Nc2ccccc2)c([N+](=O)[O-])c1. The molecular weight excluding hydrogens is 320 g/mol. The quantitative estimate of drug-likeness (QED) is 0.437. The standard InChI is InChI=1S/C18H22N4O3/c1-21(2)12-6-11-19-18(23)14-9-10-16(17(13-14)22(24)25)20-15-7-4-3-5-8-15/h3-5,7-10,13,20H,6,11-12H2,1-2H3,(H,19,23). The molecule has 0 spiro atoms. The largest absolute Gasteiger partial charge is 0.352 e. The lowest BCUT2D eigenvalue weighted by Crippen LogP contribution is -2.27. The van der Waals surface area contributed by atoms with E-state index < -0.39 is 4.92 Å². The van der Waals surface area contributed by atoms with Crippen LogP contribution in [0.1, 0.15) is 16.8 Å². The van der Waals surface area contributed by atoms with E-state index in [0.29, 0.717) is 12.2 Å². The highest BCUT2D eigenvalue weighted by Crippen LogP contribution is 2.28. The molecule has 0 saturated heterocycles. The summed E-state index contributed by atoms with van der Waals surface area (Å²) >= 11 is 0. The molecule has 2 aromatic carbocycles. The Hall–Kier alpha value is -2.93. The number of nitro benzene ring substituents is 1. The fourth-order valence-electron chi connectivity index (χ4n) is 2.31. The van der Waals surface area contributed by atoms with Crippen LogP contribution in [-0.2, 0) is 0 Å². The van der Waals surface area contributed by atoms with Crippen LogP contribution in [0.3, 0.4) is 0 Å². The molecule has 0 atom stereocenters. The molecule has 2 rings (SSSR count). The number of carbonyl (C=O) groups is 1. The number of benzene rings is 2. The average molecular weight is 342 g/mol. The summed E-state index contributed by atoms with van der Waals surface area (Å²) in [4.78, 5) is 25.1. The lowest BCUT2D eigenvalue weighted by atomic mass is 10.1. The number of nitrogens with zero attached hydrogens (tertiary/aromatic N) is 2. The zero-order valence-corrected chi connectivity index (χ0v) is 14.4. The van der Waals surface area contributed by atoms with Crippen LogP contribution in [0.4, 0.5) is 17.1 Å². The fourth-order valence-corrected chi connectivity index (χ4v) is 2.31. The summed E-state index contributed by atoms with van der Waals surface area (Å²) in [5.41, 5.74) is 1.23. The number of hydrogen-bond donors (Lipinski definition) is 2. The van der Waals surface area contributed by atoms with Crippen LogP contribution in [-0.4, -0.2) is 42.9 Å². The third-order valence-corrected chi connectivity index (χ3v) is 3.58. The molecule has 0 heterocycles. The lowest BCUT2D eigenvalue weighted by molar-refractivity contribution is -0.383. The molecule has 0 aliphatic carbocycles. The van der Waals surface area contributed by atoms with Gasteiger partial charge in [-0.25, -0.2) is 0 Å². The average Bonchev–Trinajstić information content (AvgIpc) is 2.59. The second-order valence-corrected chi connectivity index (χ2v) is 5.89. The van der Waals surface area contributed by atoms with E-state index in [9.17, 15) is 14.9 Å². The van der Waals surface area contributed by atoms with Gasteiger partial charge < -0.3 is 15.5 Å². The Morgan fingerprint density at radius 2 is 1.88 bits per heavy atom. The minimum Gasteiger partial charge on any atom is -0.352 e. The molecule has 0 unspecified atom stereocenters. The fraction of sp³-hybridized carbons (Fsp3) is 0.278. The highest BCUT2D eigenvalue weighted by molar-refractivity contribution is 5.95. The van der Waals surface area contributed by atoms with E-state index >= 15 is 0 Å². The van der Waals surface area contributed by atoms with Crippen molar-refractivity contribution in [3.05, 3.63) is 64.2 Å². The summed E-state index contributed by atoms with van der Waals surface area (Å²) in [6.45, 7) is 1.38. The van der Waals surface area contributed by atoms with Crippen molar-refractivity contribution in [2.45, 2.75) is 6.42 Å². The Bertz CT molecular complexity index is 732. The molecule has 7 heteroatoms. The maximum atomic E-state index is 12.2. The topological polar surface area (TPSA) is 87.5 Å². The number of nitro groups is 1. The van der Waals surface area contributed by atoms with Gasteiger partial charge in [0.05, 0.1) is 4.92 Å². The first kappa shape index (κ1) is 18.4. The predicted molar refractivity (Wildman–Crippen MR) is 98.3 cm³/mol. The van der Waals surface area contributed by atoms with Crippen molar-refractivity contribution in [2.75, 3.05) is 32.5 Å². The molecule has 0 aromatic heterocycles. The Balaban J connectivity index is 2.10. The van der Waals surface area contributed by atoms with Crippen molar-refractivity contribution in [3.63, 3.8) is 0 Å². The van der Waals surface area contributed by atoms with Gasteiger partial charge in [0.15, 0.2) is 0 Å². The van der Waals surface area contributed by atoms with Crippen molar-refractivity contribution < 1.29 is 9.72 Å². The van der Waals surface area contributed by atoms with Gasteiger partial charge in [0.1, 0.15) is 5.69 Å². The lowest BCUT2D eigenvalue weighted by Gasteiger charge is -2.11. The summed E-state index contributed by atoms with van der Waals surface area (Å²) in [5.74, 6) is -0.312. The smallest absolute Gasteiger partial charge is 0.293 e. The molecule has 7 nitrogen and oxygen atoms in total. The zero-order chi connectivity index (χ0) is 18.2. The summed E-state index contributed by atoms with van der Waals surface area (Å²) in [7, 11) is 3.92. The minimum absolute atomic E-state index is 0.134. The molecule has 0 saturated carbocycles. The van der Waals surface area contributed by atoms with E-state index in [-0.39, 0.29) is 17.2 Å². The summed E-state index contributed by atoms with van der Waals surface area (Å²) < 4.78 is 0. The molecule has 0 aliphatic rings. The maximum Gasteiger partial charge on any atom is 0.293 e. The van der Waals surface area contributed by atoms with Gasteiger partial charge in [-0.3, -0.25) is 14.9 Å².